The number of hydrogen-bond acceptors (Lipinski definition) is 2. The standard InChI is InChI=1S/C21H23NO2/c23-20(18-4-1-3-17(10-18)19-5-2-6-24-19)22-21-11-14-7-15(12-21)9-16(8-14)13-21/h1-6,10,14-16H,7-9,11-13H2,(H,22,23). The van der Waals surface area contributed by atoms with Crippen molar-refractivity contribution >= 4 is 5.91 Å². The Morgan fingerprint density at radius 1 is 1.00 bits per heavy atom. The third kappa shape index (κ3) is 2.38. The van der Waals surface area contributed by atoms with E-state index < -0.39 is 0 Å². The molecule has 0 atom stereocenters. The van der Waals surface area contributed by atoms with Crippen molar-refractivity contribution in [3.8, 4) is 11.3 Å². The van der Waals surface area contributed by atoms with E-state index in [1.165, 1.54) is 38.5 Å². The summed E-state index contributed by atoms with van der Waals surface area (Å²) in [5, 5.41) is 3.44. The van der Waals surface area contributed by atoms with Crippen LogP contribution in [0.1, 0.15) is 48.9 Å². The van der Waals surface area contributed by atoms with E-state index >= 15 is 0 Å². The number of hydrogen-bond donors (Lipinski definition) is 1. The van der Waals surface area contributed by atoms with Gasteiger partial charge in [0.05, 0.1) is 6.26 Å². The number of carbonyl (C=O) groups is 1. The average Bonchev–Trinajstić information content (AvgIpc) is 3.07. The average molecular weight is 321 g/mol. The molecule has 2 aromatic rings. The van der Waals surface area contributed by atoms with Crippen LogP contribution in [-0.2, 0) is 0 Å². The molecule has 0 spiro atoms. The van der Waals surface area contributed by atoms with Crippen LogP contribution in [0.25, 0.3) is 11.3 Å². The lowest BCUT2D eigenvalue weighted by atomic mass is 9.53. The lowest BCUT2D eigenvalue weighted by molar-refractivity contribution is -0.0167. The normalized spacial score (nSPS) is 33.6. The van der Waals surface area contributed by atoms with E-state index in [1.807, 2.05) is 36.4 Å². The summed E-state index contributed by atoms with van der Waals surface area (Å²) in [6.07, 6.45) is 9.39. The van der Waals surface area contributed by atoms with Crippen LogP contribution in [0.3, 0.4) is 0 Å². The third-order valence-corrected chi connectivity index (χ3v) is 6.35. The summed E-state index contributed by atoms with van der Waals surface area (Å²) in [5.41, 5.74) is 1.75. The molecule has 1 amide bonds. The Labute approximate surface area is 142 Å². The molecule has 4 aliphatic carbocycles. The molecular weight excluding hydrogens is 298 g/mol. The SMILES string of the molecule is O=C(NC12CC3CC(CC(C3)C1)C2)c1cccc(-c2ccco2)c1. The van der Waals surface area contributed by atoms with Crippen molar-refractivity contribution in [1.82, 2.24) is 5.32 Å². The molecule has 0 unspecified atom stereocenters. The smallest absolute Gasteiger partial charge is 0.251 e. The van der Waals surface area contributed by atoms with Gasteiger partial charge in [0.25, 0.3) is 5.91 Å². The maximum atomic E-state index is 12.9. The van der Waals surface area contributed by atoms with Gasteiger partial charge in [-0.15, -0.1) is 0 Å². The number of furan rings is 1. The fourth-order valence-corrected chi connectivity index (χ4v) is 5.83. The number of carbonyl (C=O) groups excluding carboxylic acids is 1. The van der Waals surface area contributed by atoms with Crippen molar-refractivity contribution in [1.29, 1.82) is 0 Å². The first-order valence-corrected chi connectivity index (χ1v) is 9.16. The Morgan fingerprint density at radius 3 is 2.33 bits per heavy atom. The second kappa shape index (κ2) is 5.23. The van der Waals surface area contributed by atoms with E-state index in [2.05, 4.69) is 5.32 Å². The van der Waals surface area contributed by atoms with Gasteiger partial charge in [0.15, 0.2) is 0 Å². The third-order valence-electron chi connectivity index (χ3n) is 6.35. The molecule has 4 saturated carbocycles. The minimum Gasteiger partial charge on any atom is -0.464 e. The molecule has 124 valence electrons. The molecule has 1 N–H and O–H groups in total. The van der Waals surface area contributed by atoms with Gasteiger partial charge < -0.3 is 9.73 Å². The Bertz CT molecular complexity index is 727. The fraction of sp³-hybridized carbons (Fsp3) is 0.476. The summed E-state index contributed by atoms with van der Waals surface area (Å²) in [6.45, 7) is 0. The molecule has 1 aromatic carbocycles. The Morgan fingerprint density at radius 2 is 1.71 bits per heavy atom. The largest absolute Gasteiger partial charge is 0.464 e. The van der Waals surface area contributed by atoms with Gasteiger partial charge in [-0.1, -0.05) is 12.1 Å². The van der Waals surface area contributed by atoms with Crippen LogP contribution >= 0.6 is 0 Å². The first kappa shape index (κ1) is 14.3. The van der Waals surface area contributed by atoms with Crippen molar-refractivity contribution in [2.45, 2.75) is 44.1 Å². The van der Waals surface area contributed by atoms with Crippen molar-refractivity contribution in [2.75, 3.05) is 0 Å². The van der Waals surface area contributed by atoms with E-state index in [-0.39, 0.29) is 11.4 Å². The quantitative estimate of drug-likeness (QED) is 0.894. The lowest BCUT2D eigenvalue weighted by Crippen LogP contribution is -2.59. The summed E-state index contributed by atoms with van der Waals surface area (Å²) in [7, 11) is 0. The van der Waals surface area contributed by atoms with Crippen LogP contribution in [0, 0.1) is 17.8 Å². The van der Waals surface area contributed by atoms with Gasteiger partial charge in [0.1, 0.15) is 5.76 Å². The summed E-state index contributed by atoms with van der Waals surface area (Å²) in [4.78, 5) is 12.9. The monoisotopic (exact) mass is 321 g/mol. The van der Waals surface area contributed by atoms with Crippen LogP contribution in [0.4, 0.5) is 0 Å². The highest BCUT2D eigenvalue weighted by Crippen LogP contribution is 2.55. The molecule has 6 rings (SSSR count). The van der Waals surface area contributed by atoms with Crippen molar-refractivity contribution < 1.29 is 9.21 Å². The number of nitrogens with one attached hydrogen (secondary N) is 1. The summed E-state index contributed by atoms with van der Waals surface area (Å²) in [5.74, 6) is 3.40. The van der Waals surface area contributed by atoms with Gasteiger partial charge in [0.2, 0.25) is 0 Å². The van der Waals surface area contributed by atoms with Crippen molar-refractivity contribution in [2.24, 2.45) is 17.8 Å². The molecule has 0 radical (unpaired) electrons. The minimum atomic E-state index is 0.0620. The summed E-state index contributed by atoms with van der Waals surface area (Å²) < 4.78 is 5.46. The molecule has 4 aliphatic rings. The van der Waals surface area contributed by atoms with Gasteiger partial charge in [-0.3, -0.25) is 4.79 Å². The Hall–Kier alpha value is -2.03. The van der Waals surface area contributed by atoms with E-state index in [1.54, 1.807) is 6.26 Å². The molecule has 0 saturated heterocycles. The topological polar surface area (TPSA) is 42.2 Å². The summed E-state index contributed by atoms with van der Waals surface area (Å²) >= 11 is 0. The zero-order valence-corrected chi connectivity index (χ0v) is 13.8. The van der Waals surface area contributed by atoms with Gasteiger partial charge in [-0.2, -0.15) is 0 Å². The predicted octanol–water partition coefficient (Wildman–Crippen LogP) is 4.65. The highest BCUT2D eigenvalue weighted by atomic mass is 16.3. The second-order valence-electron chi connectivity index (χ2n) is 8.21. The van der Waals surface area contributed by atoms with Gasteiger partial charge >= 0.3 is 0 Å². The molecule has 1 heterocycles. The molecule has 0 aliphatic heterocycles. The van der Waals surface area contributed by atoms with Crippen molar-refractivity contribution in [3.05, 3.63) is 48.2 Å². The first-order valence-electron chi connectivity index (χ1n) is 9.16. The predicted molar refractivity (Wildman–Crippen MR) is 92.5 cm³/mol. The maximum Gasteiger partial charge on any atom is 0.251 e. The van der Waals surface area contributed by atoms with Crippen LogP contribution < -0.4 is 5.32 Å². The Balaban J connectivity index is 1.38. The van der Waals surface area contributed by atoms with Crippen LogP contribution in [0.15, 0.2) is 47.1 Å². The molecule has 3 heteroatoms. The molecule has 24 heavy (non-hydrogen) atoms. The second-order valence-corrected chi connectivity index (χ2v) is 8.21. The molecule has 4 bridgehead atoms. The number of rotatable bonds is 3. The summed E-state index contributed by atoms with van der Waals surface area (Å²) in [6, 6.07) is 11.6. The van der Waals surface area contributed by atoms with E-state index in [0.717, 1.165) is 34.6 Å². The van der Waals surface area contributed by atoms with Gasteiger partial charge in [-0.05, 0) is 80.5 Å². The number of benzene rings is 1. The molecular formula is C21H23NO2. The maximum absolute atomic E-state index is 12.9. The van der Waals surface area contributed by atoms with Crippen LogP contribution in [0.5, 0.6) is 0 Å². The number of amides is 1. The van der Waals surface area contributed by atoms with E-state index in [4.69, 9.17) is 4.42 Å². The van der Waals surface area contributed by atoms with Gasteiger partial charge in [0, 0.05) is 16.7 Å². The highest BCUT2D eigenvalue weighted by molar-refractivity contribution is 5.95. The van der Waals surface area contributed by atoms with Crippen LogP contribution in [0.2, 0.25) is 0 Å². The molecule has 4 fully saturated rings. The minimum absolute atomic E-state index is 0.0620. The van der Waals surface area contributed by atoms with Gasteiger partial charge in [-0.25, -0.2) is 0 Å². The lowest BCUT2D eigenvalue weighted by Gasteiger charge is -2.56. The highest BCUT2D eigenvalue weighted by Gasteiger charge is 2.51. The molecule has 1 aromatic heterocycles. The fourth-order valence-electron chi connectivity index (χ4n) is 5.83. The zero-order valence-electron chi connectivity index (χ0n) is 13.8. The van der Waals surface area contributed by atoms with E-state index in [9.17, 15) is 4.79 Å². The van der Waals surface area contributed by atoms with Crippen LogP contribution in [-0.4, -0.2) is 11.4 Å². The zero-order chi connectivity index (χ0) is 16.1. The Kier molecular flexibility index (Phi) is 3.12. The van der Waals surface area contributed by atoms with Crippen molar-refractivity contribution in [3.63, 3.8) is 0 Å². The first-order chi connectivity index (χ1) is 11.7. The molecule has 3 nitrogen and oxygen atoms in total. The van der Waals surface area contributed by atoms with E-state index in [0.29, 0.717) is 0 Å².